The lowest BCUT2D eigenvalue weighted by molar-refractivity contribution is 0.00578. The lowest BCUT2D eigenvalue weighted by Crippen LogP contribution is -2.41. The predicted molar refractivity (Wildman–Crippen MR) is 75.3 cm³/mol. The van der Waals surface area contributed by atoms with Gasteiger partial charge >= 0.3 is 7.12 Å². The molecule has 1 aromatic carbocycles. The van der Waals surface area contributed by atoms with Crippen LogP contribution in [0.25, 0.3) is 0 Å². The molecule has 0 amide bonds. The second kappa shape index (κ2) is 4.33. The number of hydrogen-bond acceptors (Lipinski definition) is 4. The summed E-state index contributed by atoms with van der Waals surface area (Å²) < 4.78 is 35.4. The van der Waals surface area contributed by atoms with E-state index in [2.05, 4.69) is 0 Å². The van der Waals surface area contributed by atoms with Crippen LogP contribution in [-0.4, -0.2) is 33.0 Å². The standard InChI is InChI=1S/C13H19BO4S/c1-12(2)13(3,4)18-14(17-12)10-8-6-7-9-11(10)19(5,15)16/h6-9H,1-5H3. The Balaban J connectivity index is 2.47. The zero-order valence-corrected chi connectivity index (χ0v) is 12.7. The van der Waals surface area contributed by atoms with Gasteiger partial charge < -0.3 is 9.31 Å². The molecule has 0 aliphatic carbocycles. The molecule has 1 fully saturated rings. The molecule has 0 spiro atoms. The number of hydrogen-bond donors (Lipinski definition) is 0. The van der Waals surface area contributed by atoms with Crippen molar-refractivity contribution < 1.29 is 17.7 Å². The van der Waals surface area contributed by atoms with E-state index in [1.165, 1.54) is 6.26 Å². The molecular weight excluding hydrogens is 263 g/mol. The summed E-state index contributed by atoms with van der Waals surface area (Å²) in [5, 5.41) is 0. The summed E-state index contributed by atoms with van der Waals surface area (Å²) in [6, 6.07) is 6.80. The van der Waals surface area contributed by atoms with Crippen molar-refractivity contribution >= 4 is 22.4 Å². The van der Waals surface area contributed by atoms with Crippen molar-refractivity contribution in [1.82, 2.24) is 0 Å². The minimum atomic E-state index is -3.31. The molecular formula is C13H19BO4S. The lowest BCUT2D eigenvalue weighted by Gasteiger charge is -2.32. The molecule has 1 heterocycles. The van der Waals surface area contributed by atoms with E-state index in [1.54, 1.807) is 24.3 Å². The zero-order valence-electron chi connectivity index (χ0n) is 11.9. The third kappa shape index (κ3) is 2.57. The van der Waals surface area contributed by atoms with Crippen LogP contribution in [0.4, 0.5) is 0 Å². The lowest BCUT2D eigenvalue weighted by atomic mass is 9.79. The Kier molecular flexibility index (Phi) is 3.32. The van der Waals surface area contributed by atoms with Gasteiger partial charge in [-0.3, -0.25) is 0 Å². The van der Waals surface area contributed by atoms with Crippen LogP contribution in [0.15, 0.2) is 29.2 Å². The smallest absolute Gasteiger partial charge is 0.399 e. The Hall–Kier alpha value is -0.845. The number of benzene rings is 1. The van der Waals surface area contributed by atoms with Gasteiger partial charge in [0.1, 0.15) is 0 Å². The molecule has 0 N–H and O–H groups in total. The minimum absolute atomic E-state index is 0.258. The van der Waals surface area contributed by atoms with Gasteiger partial charge in [0.15, 0.2) is 9.84 Å². The number of sulfone groups is 1. The zero-order chi connectivity index (χ0) is 14.5. The van der Waals surface area contributed by atoms with Crippen LogP contribution < -0.4 is 5.46 Å². The maximum atomic E-state index is 11.8. The largest absolute Gasteiger partial charge is 0.496 e. The van der Waals surface area contributed by atoms with Crippen LogP contribution in [0.2, 0.25) is 0 Å². The average Bonchev–Trinajstić information content (AvgIpc) is 2.47. The van der Waals surface area contributed by atoms with Gasteiger partial charge in [-0.15, -0.1) is 0 Å². The van der Waals surface area contributed by atoms with E-state index in [4.69, 9.17) is 9.31 Å². The quantitative estimate of drug-likeness (QED) is 0.769. The molecule has 1 aromatic rings. The Bertz CT molecular complexity index is 576. The first-order valence-electron chi connectivity index (χ1n) is 6.19. The monoisotopic (exact) mass is 282 g/mol. The highest BCUT2D eigenvalue weighted by Crippen LogP contribution is 2.36. The average molecular weight is 282 g/mol. The van der Waals surface area contributed by atoms with E-state index < -0.39 is 28.2 Å². The van der Waals surface area contributed by atoms with Crippen molar-refractivity contribution in [3.63, 3.8) is 0 Å². The van der Waals surface area contributed by atoms with E-state index in [-0.39, 0.29) is 4.90 Å². The molecule has 0 unspecified atom stereocenters. The van der Waals surface area contributed by atoms with E-state index in [0.717, 1.165) is 0 Å². The fraction of sp³-hybridized carbons (Fsp3) is 0.538. The van der Waals surface area contributed by atoms with Gasteiger partial charge in [-0.25, -0.2) is 8.42 Å². The highest BCUT2D eigenvalue weighted by atomic mass is 32.2. The maximum Gasteiger partial charge on any atom is 0.496 e. The van der Waals surface area contributed by atoms with Gasteiger partial charge in [0.25, 0.3) is 0 Å². The summed E-state index contributed by atoms with van der Waals surface area (Å²) in [7, 11) is -3.96. The normalized spacial score (nSPS) is 21.6. The molecule has 0 atom stereocenters. The first kappa shape index (κ1) is 14.6. The van der Waals surface area contributed by atoms with Gasteiger partial charge in [0.05, 0.1) is 16.1 Å². The second-order valence-electron chi connectivity index (χ2n) is 5.90. The van der Waals surface area contributed by atoms with Crippen LogP contribution in [0.1, 0.15) is 27.7 Å². The Morgan fingerprint density at radius 1 is 1.00 bits per heavy atom. The Labute approximate surface area is 115 Å². The van der Waals surface area contributed by atoms with Crippen molar-refractivity contribution in [3.05, 3.63) is 24.3 Å². The molecule has 0 aromatic heterocycles. The van der Waals surface area contributed by atoms with Crippen molar-refractivity contribution in [3.8, 4) is 0 Å². The van der Waals surface area contributed by atoms with Crippen molar-refractivity contribution in [2.24, 2.45) is 0 Å². The highest BCUT2D eigenvalue weighted by molar-refractivity contribution is 7.91. The second-order valence-corrected chi connectivity index (χ2v) is 7.88. The molecule has 0 bridgehead atoms. The van der Waals surface area contributed by atoms with E-state index in [9.17, 15) is 8.42 Å². The Morgan fingerprint density at radius 3 is 1.95 bits per heavy atom. The third-order valence-electron chi connectivity index (χ3n) is 3.83. The van der Waals surface area contributed by atoms with E-state index in [1.807, 2.05) is 27.7 Å². The van der Waals surface area contributed by atoms with Crippen LogP contribution in [-0.2, 0) is 19.1 Å². The van der Waals surface area contributed by atoms with Crippen LogP contribution in [0.5, 0.6) is 0 Å². The molecule has 2 rings (SSSR count). The highest BCUT2D eigenvalue weighted by Gasteiger charge is 2.52. The minimum Gasteiger partial charge on any atom is -0.399 e. The predicted octanol–water partition coefficient (Wildman–Crippen LogP) is 1.39. The van der Waals surface area contributed by atoms with Gasteiger partial charge in [-0.2, -0.15) is 0 Å². The summed E-state index contributed by atoms with van der Waals surface area (Å²) in [4.78, 5) is 0.258. The van der Waals surface area contributed by atoms with E-state index >= 15 is 0 Å². The summed E-state index contributed by atoms with van der Waals surface area (Å²) >= 11 is 0. The molecule has 0 saturated carbocycles. The van der Waals surface area contributed by atoms with Gasteiger partial charge in [-0.1, -0.05) is 18.2 Å². The van der Waals surface area contributed by atoms with Crippen molar-refractivity contribution in [1.29, 1.82) is 0 Å². The van der Waals surface area contributed by atoms with Crippen LogP contribution >= 0.6 is 0 Å². The fourth-order valence-electron chi connectivity index (χ4n) is 1.98. The number of rotatable bonds is 2. The van der Waals surface area contributed by atoms with Gasteiger partial charge in [-0.05, 0) is 33.8 Å². The first-order valence-corrected chi connectivity index (χ1v) is 8.08. The Morgan fingerprint density at radius 2 is 1.47 bits per heavy atom. The first-order chi connectivity index (χ1) is 8.55. The molecule has 0 radical (unpaired) electrons. The molecule has 1 aliphatic rings. The molecule has 104 valence electrons. The molecule has 6 heteroatoms. The molecule has 4 nitrogen and oxygen atoms in total. The third-order valence-corrected chi connectivity index (χ3v) is 5.00. The summed E-state index contributed by atoms with van der Waals surface area (Å²) in [5.41, 5.74) is -0.409. The maximum absolute atomic E-state index is 11.8. The summed E-state index contributed by atoms with van der Waals surface area (Å²) in [6.45, 7) is 7.76. The summed E-state index contributed by atoms with van der Waals surface area (Å²) in [6.07, 6.45) is 1.19. The van der Waals surface area contributed by atoms with Crippen molar-refractivity contribution in [2.45, 2.75) is 43.8 Å². The molecule has 19 heavy (non-hydrogen) atoms. The van der Waals surface area contributed by atoms with Crippen LogP contribution in [0.3, 0.4) is 0 Å². The molecule has 1 aliphatic heterocycles. The van der Waals surface area contributed by atoms with Crippen LogP contribution in [0, 0.1) is 0 Å². The SMILES string of the molecule is CC1(C)OB(c2ccccc2S(C)(=O)=O)OC1(C)C. The fourth-order valence-corrected chi connectivity index (χ4v) is 2.90. The van der Waals surface area contributed by atoms with Gasteiger partial charge in [0.2, 0.25) is 0 Å². The summed E-state index contributed by atoms with van der Waals surface area (Å²) in [5.74, 6) is 0. The van der Waals surface area contributed by atoms with E-state index in [0.29, 0.717) is 5.46 Å². The molecule has 1 saturated heterocycles. The van der Waals surface area contributed by atoms with Gasteiger partial charge in [0, 0.05) is 11.7 Å². The van der Waals surface area contributed by atoms with Crippen molar-refractivity contribution in [2.75, 3.05) is 6.26 Å². The topological polar surface area (TPSA) is 52.6 Å².